The number of benzene rings is 1. The normalized spacial score (nSPS) is 19.6. The molecule has 0 unspecified atom stereocenters. The van der Waals surface area contributed by atoms with Crippen molar-refractivity contribution in [3.05, 3.63) is 28.8 Å². The van der Waals surface area contributed by atoms with E-state index in [1.807, 2.05) is 12.1 Å². The first-order valence-corrected chi connectivity index (χ1v) is 7.34. The summed E-state index contributed by atoms with van der Waals surface area (Å²) in [5.74, 6) is 1.63. The van der Waals surface area contributed by atoms with E-state index < -0.39 is 0 Å². The Morgan fingerprint density at radius 1 is 1.22 bits per heavy atom. The highest BCUT2D eigenvalue weighted by Gasteiger charge is 2.22. The highest BCUT2D eigenvalue weighted by atomic mass is 35.5. The van der Waals surface area contributed by atoms with Crippen LogP contribution in [0.5, 0.6) is 5.75 Å². The molecule has 1 aromatic rings. The highest BCUT2D eigenvalue weighted by molar-refractivity contribution is 6.32. The van der Waals surface area contributed by atoms with Gasteiger partial charge in [-0.05, 0) is 37.7 Å². The van der Waals surface area contributed by atoms with Gasteiger partial charge in [-0.15, -0.1) is 0 Å². The summed E-state index contributed by atoms with van der Waals surface area (Å²) in [6.45, 7) is 1.69. The third-order valence-corrected chi connectivity index (χ3v) is 4.19. The Balaban J connectivity index is 1.63. The van der Waals surface area contributed by atoms with Crippen LogP contribution in [0.1, 0.15) is 37.7 Å². The van der Waals surface area contributed by atoms with Crippen molar-refractivity contribution in [1.29, 1.82) is 0 Å². The smallest absolute Gasteiger partial charge is 0.142 e. The molecule has 2 aliphatic rings. The second kappa shape index (κ2) is 5.50. The molecule has 1 N–H and O–H groups in total. The van der Waals surface area contributed by atoms with Crippen molar-refractivity contribution < 1.29 is 4.74 Å². The summed E-state index contributed by atoms with van der Waals surface area (Å²) in [6.07, 6.45) is 6.57. The van der Waals surface area contributed by atoms with Gasteiger partial charge in [-0.25, -0.2) is 0 Å². The van der Waals surface area contributed by atoms with Gasteiger partial charge in [0.25, 0.3) is 0 Å². The molecule has 0 amide bonds. The van der Waals surface area contributed by atoms with Crippen LogP contribution in [0.3, 0.4) is 0 Å². The third-order valence-electron chi connectivity index (χ3n) is 3.90. The van der Waals surface area contributed by atoms with Crippen LogP contribution in [0, 0.1) is 5.92 Å². The molecule has 0 bridgehead atoms. The van der Waals surface area contributed by atoms with E-state index in [1.165, 1.54) is 37.7 Å². The lowest BCUT2D eigenvalue weighted by atomic mass is 9.86. The third kappa shape index (κ3) is 2.99. The van der Waals surface area contributed by atoms with E-state index >= 15 is 0 Å². The first-order chi connectivity index (χ1) is 8.83. The molecular formula is C15H20ClNO. The minimum atomic E-state index is 0.712. The summed E-state index contributed by atoms with van der Waals surface area (Å²) < 4.78 is 5.95. The van der Waals surface area contributed by atoms with Crippen LogP contribution in [-0.4, -0.2) is 12.6 Å². The lowest BCUT2D eigenvalue weighted by Gasteiger charge is -2.26. The van der Waals surface area contributed by atoms with Crippen LogP contribution in [-0.2, 0) is 6.54 Å². The topological polar surface area (TPSA) is 21.3 Å². The number of ether oxygens (including phenoxy) is 1. The average Bonchev–Trinajstić information content (AvgIpc) is 3.11. The maximum absolute atomic E-state index is 6.25. The number of rotatable bonds is 6. The van der Waals surface area contributed by atoms with Crippen LogP contribution >= 0.6 is 11.6 Å². The molecule has 3 heteroatoms. The molecule has 0 saturated heterocycles. The molecule has 1 aromatic carbocycles. The minimum absolute atomic E-state index is 0.712. The Labute approximate surface area is 114 Å². The zero-order valence-electron chi connectivity index (χ0n) is 10.6. The molecule has 3 rings (SSSR count). The van der Waals surface area contributed by atoms with E-state index in [1.54, 1.807) is 0 Å². The minimum Gasteiger partial charge on any atom is -0.491 e. The summed E-state index contributed by atoms with van der Waals surface area (Å²) in [7, 11) is 0. The Bertz CT molecular complexity index is 413. The van der Waals surface area contributed by atoms with Crippen molar-refractivity contribution in [2.75, 3.05) is 6.61 Å². The average molecular weight is 266 g/mol. The molecule has 18 heavy (non-hydrogen) atoms. The maximum Gasteiger partial charge on any atom is 0.142 e. The van der Waals surface area contributed by atoms with Crippen molar-refractivity contribution in [2.45, 2.75) is 44.7 Å². The number of hydrogen-bond acceptors (Lipinski definition) is 2. The van der Waals surface area contributed by atoms with Crippen LogP contribution in [0.2, 0.25) is 5.02 Å². The quantitative estimate of drug-likeness (QED) is 0.845. The van der Waals surface area contributed by atoms with E-state index in [-0.39, 0.29) is 0 Å². The van der Waals surface area contributed by atoms with Crippen LogP contribution in [0.15, 0.2) is 18.2 Å². The van der Waals surface area contributed by atoms with E-state index in [4.69, 9.17) is 16.3 Å². The molecule has 2 fully saturated rings. The molecule has 2 aliphatic carbocycles. The lowest BCUT2D eigenvalue weighted by molar-refractivity contribution is 0.179. The summed E-state index contributed by atoms with van der Waals surface area (Å²) in [5, 5.41) is 4.26. The van der Waals surface area contributed by atoms with Crippen LogP contribution in [0.25, 0.3) is 0 Å². The number of hydrogen-bond donors (Lipinski definition) is 1. The molecule has 0 heterocycles. The summed E-state index contributed by atoms with van der Waals surface area (Å²) in [5.41, 5.74) is 1.19. The van der Waals surface area contributed by atoms with Gasteiger partial charge >= 0.3 is 0 Å². The van der Waals surface area contributed by atoms with Crippen molar-refractivity contribution >= 4 is 11.6 Å². The summed E-state index contributed by atoms with van der Waals surface area (Å²) in [4.78, 5) is 0. The predicted molar refractivity (Wildman–Crippen MR) is 74.1 cm³/mol. The molecule has 0 spiro atoms. The molecular weight excluding hydrogens is 246 g/mol. The second-order valence-corrected chi connectivity index (χ2v) is 5.90. The number of nitrogens with one attached hydrogen (secondary N) is 1. The van der Waals surface area contributed by atoms with Crippen LogP contribution < -0.4 is 10.1 Å². The van der Waals surface area contributed by atoms with Crippen molar-refractivity contribution in [2.24, 2.45) is 5.92 Å². The van der Waals surface area contributed by atoms with Crippen molar-refractivity contribution in [3.8, 4) is 5.75 Å². The van der Waals surface area contributed by atoms with Crippen molar-refractivity contribution in [3.63, 3.8) is 0 Å². The first-order valence-electron chi connectivity index (χ1n) is 6.96. The van der Waals surface area contributed by atoms with Gasteiger partial charge in [0.15, 0.2) is 0 Å². The lowest BCUT2D eigenvalue weighted by Crippen LogP contribution is -2.21. The van der Waals surface area contributed by atoms with Gasteiger partial charge in [0.1, 0.15) is 5.75 Å². The monoisotopic (exact) mass is 265 g/mol. The van der Waals surface area contributed by atoms with Gasteiger partial charge in [-0.1, -0.05) is 30.2 Å². The van der Waals surface area contributed by atoms with Gasteiger partial charge in [-0.3, -0.25) is 0 Å². The second-order valence-electron chi connectivity index (χ2n) is 5.49. The molecule has 0 aliphatic heterocycles. The van der Waals surface area contributed by atoms with Crippen molar-refractivity contribution in [1.82, 2.24) is 5.32 Å². The molecule has 2 saturated carbocycles. The molecule has 2 nitrogen and oxygen atoms in total. The van der Waals surface area contributed by atoms with Gasteiger partial charge in [0.2, 0.25) is 0 Å². The zero-order valence-corrected chi connectivity index (χ0v) is 11.4. The fraction of sp³-hybridized carbons (Fsp3) is 0.600. The van der Waals surface area contributed by atoms with Gasteiger partial charge in [0.05, 0.1) is 11.6 Å². The maximum atomic E-state index is 6.25. The standard InChI is InChI=1S/C15H20ClNO/c16-14-6-2-5-12(9-17-13-7-8-13)15(14)18-10-11-3-1-4-11/h2,5-6,11,13,17H,1,3-4,7-10H2. The largest absolute Gasteiger partial charge is 0.491 e. The van der Waals surface area contributed by atoms with E-state index in [9.17, 15) is 0 Å². The van der Waals surface area contributed by atoms with E-state index in [0.717, 1.165) is 29.8 Å². The predicted octanol–water partition coefficient (Wildman–Crippen LogP) is 3.77. The Hall–Kier alpha value is -0.730. The summed E-state index contributed by atoms with van der Waals surface area (Å²) in [6, 6.07) is 6.74. The Kier molecular flexibility index (Phi) is 3.76. The Morgan fingerprint density at radius 3 is 2.72 bits per heavy atom. The number of para-hydroxylation sites is 1. The van der Waals surface area contributed by atoms with E-state index in [2.05, 4.69) is 11.4 Å². The highest BCUT2D eigenvalue weighted by Crippen LogP contribution is 2.32. The zero-order chi connectivity index (χ0) is 12.4. The van der Waals surface area contributed by atoms with Gasteiger partial charge in [-0.2, -0.15) is 0 Å². The SMILES string of the molecule is Clc1cccc(CNC2CC2)c1OCC1CCC1. The van der Waals surface area contributed by atoms with Crippen LogP contribution in [0.4, 0.5) is 0 Å². The number of halogens is 1. The van der Waals surface area contributed by atoms with Gasteiger partial charge in [0, 0.05) is 18.2 Å². The molecule has 98 valence electrons. The molecule has 0 aromatic heterocycles. The fourth-order valence-electron chi connectivity index (χ4n) is 2.26. The Morgan fingerprint density at radius 2 is 2.06 bits per heavy atom. The van der Waals surface area contributed by atoms with E-state index in [0.29, 0.717) is 6.04 Å². The molecule has 0 atom stereocenters. The fourth-order valence-corrected chi connectivity index (χ4v) is 2.51. The first kappa shape index (κ1) is 12.3. The van der Waals surface area contributed by atoms with Gasteiger partial charge < -0.3 is 10.1 Å². The summed E-state index contributed by atoms with van der Waals surface area (Å²) >= 11 is 6.25. The molecule has 0 radical (unpaired) electrons.